The number of likely N-dealkylation sites (tertiary alicyclic amines) is 1. The molecule has 5 nitrogen and oxygen atoms in total. The van der Waals surface area contributed by atoms with E-state index in [0.717, 1.165) is 36.1 Å². The summed E-state index contributed by atoms with van der Waals surface area (Å²) in [7, 11) is 0. The highest BCUT2D eigenvalue weighted by molar-refractivity contribution is 6.42. The topological polar surface area (TPSA) is 66.8 Å². The minimum absolute atomic E-state index is 0.134. The van der Waals surface area contributed by atoms with E-state index in [1.807, 2.05) is 12.1 Å². The van der Waals surface area contributed by atoms with Crippen LogP contribution in [0, 0.1) is 5.92 Å². The molecule has 2 atom stereocenters. The normalized spacial score (nSPS) is 25.1. The molecule has 1 aliphatic heterocycles. The number of hydrogen-bond donors (Lipinski definition) is 1. The monoisotopic (exact) mass is 413 g/mol. The number of carbonyl (C=O) groups is 2. The highest BCUT2D eigenvalue weighted by Crippen LogP contribution is 2.50. The van der Waals surface area contributed by atoms with Crippen molar-refractivity contribution in [2.45, 2.75) is 63.7 Å². The first-order valence-electron chi connectivity index (χ1n) is 9.22. The molecular formula is C20H25Cl2NO4. The standard InChI is InChI=1S/C20H25Cl2NO4/c1-19(2,3)27-18(26)23-11-13(16(24)17(23)25)20(8-4-5-9-20)12-6-7-14(21)15(22)10-12/h6-7,10,13,17,25H,4-5,8-9,11H2,1-3H3/t13-,17?/m0/s1. The number of carbonyl (C=O) groups excluding carboxylic acids is 2. The van der Waals surface area contributed by atoms with Crippen LogP contribution in [0.1, 0.15) is 52.0 Å². The zero-order chi connectivity index (χ0) is 20.0. The van der Waals surface area contributed by atoms with E-state index < -0.39 is 29.3 Å². The molecule has 2 aliphatic rings. The maximum atomic E-state index is 12.9. The van der Waals surface area contributed by atoms with E-state index in [0.29, 0.717) is 10.0 Å². The van der Waals surface area contributed by atoms with Crippen molar-refractivity contribution in [3.8, 4) is 0 Å². The number of amides is 1. The van der Waals surface area contributed by atoms with Crippen LogP contribution in [0.2, 0.25) is 10.0 Å². The number of hydrogen-bond acceptors (Lipinski definition) is 4. The Morgan fingerprint density at radius 2 is 1.85 bits per heavy atom. The van der Waals surface area contributed by atoms with Crippen LogP contribution in [0.15, 0.2) is 18.2 Å². The van der Waals surface area contributed by atoms with Crippen molar-refractivity contribution >= 4 is 35.1 Å². The molecule has 2 fully saturated rings. The molecule has 1 aromatic rings. The van der Waals surface area contributed by atoms with Crippen LogP contribution in [-0.2, 0) is 14.9 Å². The molecule has 1 saturated heterocycles. The van der Waals surface area contributed by atoms with Crippen LogP contribution in [-0.4, -0.2) is 40.3 Å². The van der Waals surface area contributed by atoms with Gasteiger partial charge in [0.15, 0.2) is 12.0 Å². The zero-order valence-electron chi connectivity index (χ0n) is 15.8. The van der Waals surface area contributed by atoms with Crippen LogP contribution >= 0.6 is 23.2 Å². The molecule has 0 radical (unpaired) electrons. The fourth-order valence-electron chi connectivity index (χ4n) is 4.31. The second-order valence-corrected chi connectivity index (χ2v) is 9.27. The van der Waals surface area contributed by atoms with E-state index in [1.165, 1.54) is 0 Å². The molecule has 0 aromatic heterocycles. The third kappa shape index (κ3) is 3.82. The number of nitrogens with zero attached hydrogens (tertiary/aromatic N) is 1. The molecule has 148 valence electrons. The molecule has 1 N–H and O–H groups in total. The summed E-state index contributed by atoms with van der Waals surface area (Å²) in [4.78, 5) is 26.5. The Morgan fingerprint density at radius 3 is 2.41 bits per heavy atom. The molecule has 1 heterocycles. The maximum Gasteiger partial charge on any atom is 0.412 e. The van der Waals surface area contributed by atoms with Gasteiger partial charge < -0.3 is 9.84 Å². The molecule has 1 saturated carbocycles. The second-order valence-electron chi connectivity index (χ2n) is 8.45. The second kappa shape index (κ2) is 7.26. The number of halogens is 2. The number of benzene rings is 1. The molecule has 27 heavy (non-hydrogen) atoms. The molecule has 1 amide bonds. The number of aliphatic hydroxyl groups is 1. The first kappa shape index (κ1) is 20.4. The van der Waals surface area contributed by atoms with Crippen molar-refractivity contribution in [1.82, 2.24) is 4.90 Å². The smallest absolute Gasteiger partial charge is 0.412 e. The highest BCUT2D eigenvalue weighted by atomic mass is 35.5. The quantitative estimate of drug-likeness (QED) is 0.771. The Balaban J connectivity index is 1.93. The highest BCUT2D eigenvalue weighted by Gasteiger charge is 2.54. The molecular weight excluding hydrogens is 389 g/mol. The van der Waals surface area contributed by atoms with E-state index in [2.05, 4.69) is 0 Å². The van der Waals surface area contributed by atoms with Gasteiger partial charge in [0.2, 0.25) is 0 Å². The lowest BCUT2D eigenvalue weighted by Crippen LogP contribution is -2.41. The number of aliphatic hydroxyl groups excluding tert-OH is 1. The summed E-state index contributed by atoms with van der Waals surface area (Å²) < 4.78 is 5.36. The summed E-state index contributed by atoms with van der Waals surface area (Å²) in [6.45, 7) is 5.39. The van der Waals surface area contributed by atoms with Gasteiger partial charge in [-0.2, -0.15) is 0 Å². The average Bonchev–Trinajstić information content (AvgIpc) is 3.16. The summed E-state index contributed by atoms with van der Waals surface area (Å²) in [6.07, 6.45) is 1.41. The fraction of sp³-hybridized carbons (Fsp3) is 0.600. The molecule has 0 bridgehead atoms. The van der Waals surface area contributed by atoms with Crippen molar-refractivity contribution in [3.05, 3.63) is 33.8 Å². The van der Waals surface area contributed by atoms with Crippen LogP contribution in [0.3, 0.4) is 0 Å². The summed E-state index contributed by atoms with van der Waals surface area (Å²) in [5, 5.41) is 11.3. The van der Waals surface area contributed by atoms with Gasteiger partial charge in [-0.1, -0.05) is 42.1 Å². The van der Waals surface area contributed by atoms with E-state index in [-0.39, 0.29) is 12.3 Å². The lowest BCUT2D eigenvalue weighted by molar-refractivity contribution is -0.132. The maximum absolute atomic E-state index is 12.9. The average molecular weight is 414 g/mol. The summed E-state index contributed by atoms with van der Waals surface area (Å²) >= 11 is 12.3. The first-order chi connectivity index (χ1) is 12.5. The van der Waals surface area contributed by atoms with Crippen molar-refractivity contribution in [2.24, 2.45) is 5.92 Å². The third-order valence-corrected chi connectivity index (χ3v) is 6.30. The summed E-state index contributed by atoms with van der Waals surface area (Å²) in [5.74, 6) is -0.839. The largest absolute Gasteiger partial charge is 0.444 e. The zero-order valence-corrected chi connectivity index (χ0v) is 17.3. The van der Waals surface area contributed by atoms with Crippen molar-refractivity contribution in [3.63, 3.8) is 0 Å². The summed E-state index contributed by atoms with van der Waals surface area (Å²) in [6, 6.07) is 5.45. The Bertz CT molecular complexity index is 753. The minimum atomic E-state index is -1.48. The van der Waals surface area contributed by atoms with Crippen molar-refractivity contribution in [2.75, 3.05) is 6.54 Å². The van der Waals surface area contributed by atoms with Gasteiger partial charge in [-0.15, -0.1) is 0 Å². The van der Waals surface area contributed by atoms with Gasteiger partial charge in [0.1, 0.15) is 5.60 Å². The predicted octanol–water partition coefficient (Wildman–Crippen LogP) is 4.56. The van der Waals surface area contributed by atoms with E-state index in [1.54, 1.807) is 26.8 Å². The molecule has 3 rings (SSSR count). The number of Topliss-reactive ketones (excluding diaryl/α,β-unsaturated/α-hetero) is 1. The summed E-state index contributed by atoms with van der Waals surface area (Å²) in [5.41, 5.74) is -0.221. The van der Waals surface area contributed by atoms with Crippen LogP contribution in [0.4, 0.5) is 4.79 Å². The lowest BCUT2D eigenvalue weighted by atomic mass is 9.68. The van der Waals surface area contributed by atoms with E-state index >= 15 is 0 Å². The van der Waals surface area contributed by atoms with E-state index in [9.17, 15) is 14.7 Å². The van der Waals surface area contributed by atoms with Gasteiger partial charge in [0, 0.05) is 17.9 Å². The van der Waals surface area contributed by atoms with Gasteiger partial charge in [-0.3, -0.25) is 9.69 Å². The molecule has 0 spiro atoms. The Morgan fingerprint density at radius 1 is 1.22 bits per heavy atom. The van der Waals surface area contributed by atoms with Gasteiger partial charge in [-0.25, -0.2) is 4.79 Å². The van der Waals surface area contributed by atoms with Gasteiger partial charge >= 0.3 is 6.09 Å². The third-order valence-electron chi connectivity index (χ3n) is 5.56. The van der Waals surface area contributed by atoms with Gasteiger partial charge in [0.25, 0.3) is 0 Å². The number of rotatable bonds is 2. The van der Waals surface area contributed by atoms with Crippen molar-refractivity contribution < 1.29 is 19.4 Å². The van der Waals surface area contributed by atoms with Crippen LogP contribution < -0.4 is 0 Å². The van der Waals surface area contributed by atoms with Crippen LogP contribution in [0.5, 0.6) is 0 Å². The molecule has 1 aromatic carbocycles. The van der Waals surface area contributed by atoms with Gasteiger partial charge in [-0.05, 0) is 51.3 Å². The molecule has 1 aliphatic carbocycles. The van der Waals surface area contributed by atoms with E-state index in [4.69, 9.17) is 27.9 Å². The van der Waals surface area contributed by atoms with Crippen LogP contribution in [0.25, 0.3) is 0 Å². The number of ether oxygens (including phenoxy) is 1. The first-order valence-corrected chi connectivity index (χ1v) is 9.98. The van der Waals surface area contributed by atoms with Gasteiger partial charge in [0.05, 0.1) is 10.0 Å². The Labute approximate surface area is 169 Å². The fourth-order valence-corrected chi connectivity index (χ4v) is 4.61. The predicted molar refractivity (Wildman–Crippen MR) is 104 cm³/mol. The Hall–Kier alpha value is -1.30. The number of ketones is 1. The Kier molecular flexibility index (Phi) is 5.50. The SMILES string of the molecule is CC(C)(C)OC(=O)N1C[C@H](C2(c3ccc(Cl)c(Cl)c3)CCCC2)C(=O)C1O. The minimum Gasteiger partial charge on any atom is -0.444 e. The molecule has 1 unspecified atom stereocenters. The lowest BCUT2D eigenvalue weighted by Gasteiger charge is -2.35. The molecule has 7 heteroatoms. The van der Waals surface area contributed by atoms with Crippen molar-refractivity contribution in [1.29, 1.82) is 0 Å².